The second kappa shape index (κ2) is 7.38. The summed E-state index contributed by atoms with van der Waals surface area (Å²) in [7, 11) is 1.71. The van der Waals surface area contributed by atoms with E-state index in [1.807, 2.05) is 10.7 Å². The van der Waals surface area contributed by atoms with Gasteiger partial charge < -0.3 is 15.4 Å². The zero-order valence-corrected chi connectivity index (χ0v) is 13.1. The van der Waals surface area contributed by atoms with E-state index < -0.39 is 0 Å². The van der Waals surface area contributed by atoms with Crippen LogP contribution in [-0.2, 0) is 4.74 Å². The maximum absolute atomic E-state index is 5.64. The second-order valence-electron chi connectivity index (χ2n) is 5.43. The number of nitrogens with zero attached hydrogens (tertiary/aromatic N) is 4. The Balaban J connectivity index is 2.35. The smallest absolute Gasteiger partial charge is 0.154 e. The number of rotatable bonds is 8. The average molecular weight is 291 g/mol. The summed E-state index contributed by atoms with van der Waals surface area (Å²) in [5.41, 5.74) is 7.76. The number of methoxy groups -OCH3 is 1. The van der Waals surface area contributed by atoms with Crippen LogP contribution in [0.1, 0.15) is 31.9 Å². The number of nitrogens with two attached hydrogens (primary N) is 1. The van der Waals surface area contributed by atoms with Crippen LogP contribution in [-0.4, -0.2) is 47.9 Å². The van der Waals surface area contributed by atoms with Crippen LogP contribution in [0.2, 0.25) is 0 Å². The quantitative estimate of drug-likeness (QED) is 0.801. The van der Waals surface area contributed by atoms with E-state index in [1.54, 1.807) is 13.3 Å². The number of anilines is 1. The van der Waals surface area contributed by atoms with Gasteiger partial charge in [-0.2, -0.15) is 5.10 Å². The fourth-order valence-corrected chi connectivity index (χ4v) is 2.26. The van der Waals surface area contributed by atoms with Crippen LogP contribution in [0.5, 0.6) is 0 Å². The molecule has 2 N–H and O–H groups in total. The van der Waals surface area contributed by atoms with Gasteiger partial charge in [0.1, 0.15) is 5.52 Å². The minimum Gasteiger partial charge on any atom is -0.383 e. The van der Waals surface area contributed by atoms with Gasteiger partial charge >= 0.3 is 0 Å². The first kappa shape index (κ1) is 15.7. The van der Waals surface area contributed by atoms with Crippen molar-refractivity contribution in [3.63, 3.8) is 0 Å². The number of hydrogen-bond donors (Lipinski definition) is 1. The molecule has 2 heterocycles. The lowest BCUT2D eigenvalue weighted by Crippen LogP contribution is -2.30. The molecule has 21 heavy (non-hydrogen) atoms. The molecule has 6 heteroatoms. The van der Waals surface area contributed by atoms with Crippen molar-refractivity contribution < 1.29 is 4.74 Å². The molecule has 116 valence electrons. The van der Waals surface area contributed by atoms with E-state index in [1.165, 1.54) is 0 Å². The van der Waals surface area contributed by atoms with Crippen LogP contribution in [0.3, 0.4) is 0 Å². The SMILES string of the molecule is COCCN(CCCN)c1nccn2nc(C(C)C)cc12. The fraction of sp³-hybridized carbons (Fsp3) is 0.600. The lowest BCUT2D eigenvalue weighted by atomic mass is 10.1. The van der Waals surface area contributed by atoms with E-state index in [0.717, 1.165) is 36.5 Å². The van der Waals surface area contributed by atoms with Gasteiger partial charge in [0.15, 0.2) is 5.82 Å². The predicted octanol–water partition coefficient (Wildman–Crippen LogP) is 1.65. The largest absolute Gasteiger partial charge is 0.383 e. The summed E-state index contributed by atoms with van der Waals surface area (Å²) in [6.07, 6.45) is 4.61. The van der Waals surface area contributed by atoms with Crippen molar-refractivity contribution in [1.29, 1.82) is 0 Å². The Bertz CT molecular complexity index is 558. The molecule has 0 aliphatic carbocycles. The fourth-order valence-electron chi connectivity index (χ4n) is 2.26. The molecule has 0 aromatic carbocycles. The Morgan fingerprint density at radius 1 is 1.38 bits per heavy atom. The highest BCUT2D eigenvalue weighted by molar-refractivity contribution is 5.69. The van der Waals surface area contributed by atoms with Gasteiger partial charge in [-0.15, -0.1) is 0 Å². The highest BCUT2D eigenvalue weighted by atomic mass is 16.5. The summed E-state index contributed by atoms with van der Waals surface area (Å²) < 4.78 is 7.11. The molecule has 0 radical (unpaired) electrons. The molecule has 0 saturated carbocycles. The third kappa shape index (κ3) is 3.71. The summed E-state index contributed by atoms with van der Waals surface area (Å²) in [5.74, 6) is 1.34. The van der Waals surface area contributed by atoms with Crippen molar-refractivity contribution in [2.24, 2.45) is 5.73 Å². The molecule has 6 nitrogen and oxygen atoms in total. The van der Waals surface area contributed by atoms with Gasteiger partial charge in [0.05, 0.1) is 12.3 Å². The van der Waals surface area contributed by atoms with Crippen molar-refractivity contribution in [2.75, 3.05) is 38.3 Å². The molecule has 2 aromatic rings. The Morgan fingerprint density at radius 3 is 2.86 bits per heavy atom. The maximum Gasteiger partial charge on any atom is 0.154 e. The first-order valence-corrected chi connectivity index (χ1v) is 7.45. The molecule has 0 aliphatic rings. The van der Waals surface area contributed by atoms with Crippen LogP contribution in [0.15, 0.2) is 18.5 Å². The van der Waals surface area contributed by atoms with Gasteiger partial charge in [0, 0.05) is 32.6 Å². The van der Waals surface area contributed by atoms with Crippen molar-refractivity contribution >= 4 is 11.3 Å². The van der Waals surface area contributed by atoms with Crippen LogP contribution in [0.25, 0.3) is 5.52 Å². The molecular weight excluding hydrogens is 266 g/mol. The van der Waals surface area contributed by atoms with Crippen LogP contribution >= 0.6 is 0 Å². The summed E-state index contributed by atoms with van der Waals surface area (Å²) in [6, 6.07) is 2.12. The van der Waals surface area contributed by atoms with Crippen molar-refractivity contribution in [2.45, 2.75) is 26.2 Å². The van der Waals surface area contributed by atoms with Crippen molar-refractivity contribution in [3.8, 4) is 0 Å². The summed E-state index contributed by atoms with van der Waals surface area (Å²) in [6.45, 7) is 7.29. The summed E-state index contributed by atoms with van der Waals surface area (Å²) in [5, 5.41) is 4.61. The van der Waals surface area contributed by atoms with E-state index in [9.17, 15) is 0 Å². The van der Waals surface area contributed by atoms with Gasteiger partial charge in [-0.05, 0) is 24.9 Å². The average Bonchev–Trinajstić information content (AvgIpc) is 2.92. The van der Waals surface area contributed by atoms with Gasteiger partial charge in [0.25, 0.3) is 0 Å². The number of fused-ring (bicyclic) bond motifs is 1. The predicted molar refractivity (Wildman–Crippen MR) is 84.8 cm³/mol. The van der Waals surface area contributed by atoms with Gasteiger partial charge in [-0.25, -0.2) is 9.50 Å². The zero-order valence-electron chi connectivity index (χ0n) is 13.1. The Hall–Kier alpha value is -1.66. The Labute approximate surface area is 125 Å². The standard InChI is InChI=1S/C15H25N5O/c1-12(2)13-11-14-15(17-6-8-20(14)18-13)19(7-4-5-16)9-10-21-3/h6,8,11-12H,4-5,7,9-10,16H2,1-3H3. The Kier molecular flexibility index (Phi) is 5.52. The number of ether oxygens (including phenoxy) is 1. The lowest BCUT2D eigenvalue weighted by Gasteiger charge is -2.23. The maximum atomic E-state index is 5.64. The van der Waals surface area contributed by atoms with Gasteiger partial charge in [-0.3, -0.25) is 0 Å². The molecule has 0 amide bonds. The minimum atomic E-state index is 0.397. The van der Waals surface area contributed by atoms with E-state index >= 15 is 0 Å². The molecule has 0 aliphatic heterocycles. The highest BCUT2D eigenvalue weighted by Gasteiger charge is 2.14. The zero-order chi connectivity index (χ0) is 15.2. The first-order valence-electron chi connectivity index (χ1n) is 7.45. The van der Waals surface area contributed by atoms with Crippen LogP contribution in [0.4, 0.5) is 5.82 Å². The second-order valence-corrected chi connectivity index (χ2v) is 5.43. The number of hydrogen-bond acceptors (Lipinski definition) is 5. The minimum absolute atomic E-state index is 0.397. The van der Waals surface area contributed by atoms with Gasteiger partial charge in [-0.1, -0.05) is 13.8 Å². The Morgan fingerprint density at radius 2 is 2.19 bits per heavy atom. The molecule has 2 rings (SSSR count). The van der Waals surface area contributed by atoms with Crippen molar-refractivity contribution in [1.82, 2.24) is 14.6 Å². The molecule has 0 fully saturated rings. The normalized spacial score (nSPS) is 11.5. The molecule has 2 aromatic heterocycles. The van der Waals surface area contributed by atoms with Crippen LogP contribution in [0, 0.1) is 0 Å². The summed E-state index contributed by atoms with van der Waals surface area (Å²) >= 11 is 0. The third-order valence-corrected chi connectivity index (χ3v) is 3.48. The molecule has 0 saturated heterocycles. The first-order chi connectivity index (χ1) is 10.2. The molecule has 0 atom stereocenters. The van der Waals surface area contributed by atoms with Crippen LogP contribution < -0.4 is 10.6 Å². The van der Waals surface area contributed by atoms with E-state index in [2.05, 4.69) is 34.9 Å². The highest BCUT2D eigenvalue weighted by Crippen LogP contribution is 2.22. The third-order valence-electron chi connectivity index (χ3n) is 3.48. The van der Waals surface area contributed by atoms with Crippen molar-refractivity contribution in [3.05, 3.63) is 24.2 Å². The molecule has 0 spiro atoms. The van der Waals surface area contributed by atoms with E-state index in [4.69, 9.17) is 10.5 Å². The molecule has 0 bridgehead atoms. The lowest BCUT2D eigenvalue weighted by molar-refractivity contribution is 0.205. The van der Waals surface area contributed by atoms with Gasteiger partial charge in [0.2, 0.25) is 0 Å². The van der Waals surface area contributed by atoms with E-state index in [-0.39, 0.29) is 0 Å². The monoisotopic (exact) mass is 291 g/mol. The number of aromatic nitrogens is 3. The molecular formula is C15H25N5O. The topological polar surface area (TPSA) is 68.7 Å². The van der Waals surface area contributed by atoms with E-state index in [0.29, 0.717) is 19.1 Å². The summed E-state index contributed by atoms with van der Waals surface area (Å²) in [4.78, 5) is 6.77. The molecule has 0 unspecified atom stereocenters.